The smallest absolute Gasteiger partial charge is 0.408 e. The second-order valence-electron chi connectivity index (χ2n) is 13.6. The van der Waals surface area contributed by atoms with Gasteiger partial charge in [-0.05, 0) is 68.9 Å². The van der Waals surface area contributed by atoms with Gasteiger partial charge in [-0.3, -0.25) is 9.59 Å². The third-order valence-electron chi connectivity index (χ3n) is 10.3. The lowest BCUT2D eigenvalue weighted by Gasteiger charge is -2.29. The van der Waals surface area contributed by atoms with Gasteiger partial charge in [0.25, 0.3) is 0 Å². The number of carboxylic acid groups (broad SMARTS) is 1. The van der Waals surface area contributed by atoms with Crippen LogP contribution in [-0.2, 0) is 19.1 Å². The van der Waals surface area contributed by atoms with E-state index in [1.807, 2.05) is 60.7 Å². The zero-order valence-corrected chi connectivity index (χ0v) is 26.9. The summed E-state index contributed by atoms with van der Waals surface area (Å²) in [5, 5.41) is 18.6. The molecule has 7 rings (SSSR count). The summed E-state index contributed by atoms with van der Waals surface area (Å²) in [6, 6.07) is 13.7. The molecule has 11 nitrogen and oxygen atoms in total. The van der Waals surface area contributed by atoms with Crippen molar-refractivity contribution < 1.29 is 33.8 Å². The summed E-state index contributed by atoms with van der Waals surface area (Å²) in [6.07, 6.45) is 10.0. The SMILES string of the molecule is O=C(N[C@H]1CCCCC/C=C\[C@@H]2C[C@@]2(C(=O)O)NC(=O)[C@@H]2C[C@@H](Oc3nc4ccccc4c4ccccc34)CN2C1=O)OC1CCCC1. The van der Waals surface area contributed by atoms with Crippen LogP contribution in [-0.4, -0.2) is 75.2 Å². The number of hydrogen-bond acceptors (Lipinski definition) is 7. The number of rotatable bonds is 5. The summed E-state index contributed by atoms with van der Waals surface area (Å²) >= 11 is 0. The Balaban J connectivity index is 1.19. The van der Waals surface area contributed by atoms with E-state index < -0.39 is 47.6 Å². The number of carbonyl (C=O) groups excluding carboxylic acids is 3. The number of aliphatic carboxylic acids is 1. The third kappa shape index (κ3) is 6.42. The Morgan fingerprint density at radius 1 is 0.917 bits per heavy atom. The molecule has 1 saturated heterocycles. The van der Waals surface area contributed by atoms with Gasteiger partial charge in [-0.15, -0.1) is 0 Å². The molecule has 3 N–H and O–H groups in total. The van der Waals surface area contributed by atoms with Gasteiger partial charge in [0.15, 0.2) is 0 Å². The Morgan fingerprint density at radius 3 is 2.44 bits per heavy atom. The number of benzene rings is 2. The average Bonchev–Trinajstić information content (AvgIpc) is 3.36. The maximum atomic E-state index is 14.3. The molecule has 2 aliphatic heterocycles. The maximum absolute atomic E-state index is 14.3. The third-order valence-corrected chi connectivity index (χ3v) is 10.3. The first-order valence-electron chi connectivity index (χ1n) is 17.3. The van der Waals surface area contributed by atoms with Crippen molar-refractivity contribution in [2.24, 2.45) is 5.92 Å². The van der Waals surface area contributed by atoms with E-state index in [0.29, 0.717) is 18.7 Å². The molecule has 1 aromatic heterocycles. The first kappa shape index (κ1) is 31.9. The number of nitrogens with one attached hydrogen (secondary N) is 2. The molecular formula is C37H42N4O7. The maximum Gasteiger partial charge on any atom is 0.408 e. The van der Waals surface area contributed by atoms with Crippen LogP contribution in [0.1, 0.15) is 70.6 Å². The number of ether oxygens (including phenoxy) is 2. The second kappa shape index (κ2) is 13.4. The molecule has 48 heavy (non-hydrogen) atoms. The molecule has 3 aromatic rings. The summed E-state index contributed by atoms with van der Waals surface area (Å²) in [4.78, 5) is 60.1. The van der Waals surface area contributed by atoms with Crippen LogP contribution in [0.15, 0.2) is 60.7 Å². The number of carbonyl (C=O) groups is 4. The molecule has 5 atom stereocenters. The quantitative estimate of drug-likeness (QED) is 0.250. The van der Waals surface area contributed by atoms with Crippen LogP contribution in [0, 0.1) is 5.92 Å². The lowest BCUT2D eigenvalue weighted by Crippen LogP contribution is -2.56. The average molecular weight is 655 g/mol. The monoisotopic (exact) mass is 654 g/mol. The number of hydrogen-bond donors (Lipinski definition) is 3. The van der Waals surface area contributed by atoms with Gasteiger partial charge < -0.3 is 30.1 Å². The van der Waals surface area contributed by atoms with Gasteiger partial charge in [0, 0.05) is 23.1 Å². The normalized spacial score (nSPS) is 28.9. The summed E-state index contributed by atoms with van der Waals surface area (Å²) in [5.74, 6) is -1.99. The molecule has 0 unspecified atom stereocenters. The number of para-hydroxylation sites is 1. The van der Waals surface area contributed by atoms with E-state index in [1.165, 1.54) is 4.90 Å². The van der Waals surface area contributed by atoms with Gasteiger partial charge in [-0.25, -0.2) is 14.6 Å². The first-order chi connectivity index (χ1) is 23.3. The Hall–Kier alpha value is -4.67. The van der Waals surface area contributed by atoms with Crippen molar-refractivity contribution in [1.29, 1.82) is 0 Å². The van der Waals surface area contributed by atoms with E-state index in [4.69, 9.17) is 14.5 Å². The fourth-order valence-corrected chi connectivity index (χ4v) is 7.60. The predicted octanol–water partition coefficient (Wildman–Crippen LogP) is 5.25. The van der Waals surface area contributed by atoms with Crippen LogP contribution >= 0.6 is 0 Å². The Labute approximate surface area is 279 Å². The van der Waals surface area contributed by atoms with E-state index >= 15 is 0 Å². The molecule has 2 saturated carbocycles. The van der Waals surface area contributed by atoms with Gasteiger partial charge in [0.2, 0.25) is 17.7 Å². The minimum atomic E-state index is -1.42. The number of amides is 3. The topological polar surface area (TPSA) is 147 Å². The summed E-state index contributed by atoms with van der Waals surface area (Å²) in [7, 11) is 0. The van der Waals surface area contributed by atoms with Crippen LogP contribution in [0.4, 0.5) is 4.79 Å². The molecule has 0 radical (unpaired) electrons. The van der Waals surface area contributed by atoms with Crippen molar-refractivity contribution in [2.75, 3.05) is 6.54 Å². The lowest BCUT2D eigenvalue weighted by molar-refractivity contribution is -0.145. The molecule has 11 heteroatoms. The first-order valence-corrected chi connectivity index (χ1v) is 17.3. The Kier molecular flexibility index (Phi) is 8.94. The lowest BCUT2D eigenvalue weighted by atomic mass is 10.0. The number of pyridine rings is 1. The summed E-state index contributed by atoms with van der Waals surface area (Å²) < 4.78 is 12.2. The highest BCUT2D eigenvalue weighted by molar-refractivity contribution is 6.07. The fourth-order valence-electron chi connectivity index (χ4n) is 7.60. The van der Waals surface area contributed by atoms with Crippen molar-refractivity contribution in [1.82, 2.24) is 20.5 Å². The van der Waals surface area contributed by atoms with Gasteiger partial charge >= 0.3 is 12.1 Å². The Morgan fingerprint density at radius 2 is 1.65 bits per heavy atom. The van der Waals surface area contributed by atoms with E-state index in [0.717, 1.165) is 66.6 Å². The van der Waals surface area contributed by atoms with Crippen molar-refractivity contribution >= 4 is 45.6 Å². The van der Waals surface area contributed by atoms with Gasteiger partial charge in [-0.1, -0.05) is 61.4 Å². The van der Waals surface area contributed by atoms with Gasteiger partial charge in [-0.2, -0.15) is 0 Å². The standard InChI is InChI=1S/C37H42N4O7/c42-32-31-20-25(47-33-28-17-9-8-15-26(28)27-16-10-11-18-29(27)38-33)22-41(31)34(43)30(39-36(46)48-24-13-6-7-14-24)19-5-3-1-2-4-12-23-21-37(23,40-32)35(44)45/h4,8-12,15-18,23-25,30-31H,1-3,5-7,13-14,19-22H2,(H,39,46)(H,40,42)(H,44,45)/b12-4-/t23-,25-,30+,31+,37-/m1/s1. The zero-order valence-electron chi connectivity index (χ0n) is 26.9. The zero-order chi connectivity index (χ0) is 33.3. The van der Waals surface area contributed by atoms with Crippen LogP contribution in [0.2, 0.25) is 0 Å². The number of nitrogens with zero attached hydrogens (tertiary/aromatic N) is 2. The van der Waals surface area contributed by atoms with Gasteiger partial charge in [0.1, 0.15) is 29.8 Å². The van der Waals surface area contributed by atoms with Crippen molar-refractivity contribution in [2.45, 2.75) is 100 Å². The summed E-state index contributed by atoms with van der Waals surface area (Å²) in [6.45, 7) is 0.0685. The van der Waals surface area contributed by atoms with Crippen molar-refractivity contribution in [3.8, 4) is 5.88 Å². The molecule has 0 bridgehead atoms. The highest BCUT2D eigenvalue weighted by Gasteiger charge is 2.61. The number of fused-ring (bicyclic) bond motifs is 5. The predicted molar refractivity (Wildman–Crippen MR) is 178 cm³/mol. The molecule has 252 valence electrons. The van der Waals surface area contributed by atoms with Crippen LogP contribution in [0.3, 0.4) is 0 Å². The number of alkyl carbamates (subject to hydrolysis) is 1. The van der Waals surface area contributed by atoms with E-state index in [9.17, 15) is 24.3 Å². The van der Waals surface area contributed by atoms with E-state index in [1.54, 1.807) is 0 Å². The Bertz CT molecular complexity index is 1750. The van der Waals surface area contributed by atoms with E-state index in [2.05, 4.69) is 10.6 Å². The minimum absolute atomic E-state index is 0.0685. The minimum Gasteiger partial charge on any atom is -0.479 e. The van der Waals surface area contributed by atoms with Crippen LogP contribution in [0.5, 0.6) is 5.88 Å². The fraction of sp³-hybridized carbons (Fsp3) is 0.486. The molecule has 3 amide bonds. The second-order valence-corrected chi connectivity index (χ2v) is 13.6. The molecular weight excluding hydrogens is 612 g/mol. The van der Waals surface area contributed by atoms with E-state index in [-0.39, 0.29) is 31.4 Å². The largest absolute Gasteiger partial charge is 0.479 e. The van der Waals surface area contributed by atoms with Crippen LogP contribution < -0.4 is 15.4 Å². The number of carboxylic acids is 1. The highest BCUT2D eigenvalue weighted by atomic mass is 16.6. The summed E-state index contributed by atoms with van der Waals surface area (Å²) in [5.41, 5.74) is -0.658. The molecule has 3 fully saturated rings. The molecule has 4 aliphatic rings. The number of allylic oxidation sites excluding steroid dienone is 1. The van der Waals surface area contributed by atoms with Crippen LogP contribution in [0.25, 0.3) is 21.7 Å². The number of aromatic nitrogens is 1. The van der Waals surface area contributed by atoms with Crippen molar-refractivity contribution in [3.63, 3.8) is 0 Å². The molecule has 2 aromatic carbocycles. The molecule has 3 heterocycles. The molecule has 2 aliphatic carbocycles. The van der Waals surface area contributed by atoms with Crippen molar-refractivity contribution in [3.05, 3.63) is 60.7 Å². The highest BCUT2D eigenvalue weighted by Crippen LogP contribution is 2.45. The van der Waals surface area contributed by atoms with Gasteiger partial charge in [0.05, 0.1) is 12.1 Å². The molecule has 0 spiro atoms.